The molecule has 1 aromatic heterocycles. The van der Waals surface area contributed by atoms with Crippen molar-refractivity contribution in [1.29, 1.82) is 0 Å². The Bertz CT molecular complexity index is 645. The van der Waals surface area contributed by atoms with Gasteiger partial charge in [-0.15, -0.1) is 0 Å². The van der Waals surface area contributed by atoms with Crippen LogP contribution in [0.3, 0.4) is 0 Å². The van der Waals surface area contributed by atoms with Gasteiger partial charge in [-0.2, -0.15) is 0 Å². The van der Waals surface area contributed by atoms with Gasteiger partial charge < -0.3 is 10.2 Å². The average molecular weight is 330 g/mol. The number of pyridine rings is 1. The number of imide groups is 1. The van der Waals surface area contributed by atoms with E-state index in [1.807, 2.05) is 17.9 Å². The Morgan fingerprint density at radius 3 is 2.96 bits per heavy atom. The number of amides is 4. The largest absolute Gasteiger partial charge is 0.338 e. The molecule has 4 amide bonds. The van der Waals surface area contributed by atoms with Gasteiger partial charge in [0.1, 0.15) is 6.54 Å². The summed E-state index contributed by atoms with van der Waals surface area (Å²) < 4.78 is 0. The number of aromatic nitrogens is 1. The molecule has 128 valence electrons. The van der Waals surface area contributed by atoms with E-state index in [-0.39, 0.29) is 30.9 Å². The van der Waals surface area contributed by atoms with Crippen LogP contribution in [0.2, 0.25) is 0 Å². The minimum Gasteiger partial charge on any atom is -0.338 e. The van der Waals surface area contributed by atoms with Crippen LogP contribution in [0.15, 0.2) is 18.3 Å². The zero-order chi connectivity index (χ0) is 17.1. The maximum absolute atomic E-state index is 12.5. The lowest BCUT2D eigenvalue weighted by Crippen LogP contribution is -2.45. The van der Waals surface area contributed by atoms with Crippen molar-refractivity contribution < 1.29 is 14.4 Å². The summed E-state index contributed by atoms with van der Waals surface area (Å²) >= 11 is 0. The number of hydrogen-bond acceptors (Lipinski definition) is 4. The normalized spacial score (nSPS) is 20.6. The molecule has 0 spiro atoms. The van der Waals surface area contributed by atoms with Crippen molar-refractivity contribution in [1.82, 2.24) is 20.1 Å². The number of hydrogen-bond donors (Lipinski definition) is 1. The highest BCUT2D eigenvalue weighted by Gasteiger charge is 2.34. The van der Waals surface area contributed by atoms with Crippen molar-refractivity contribution >= 4 is 17.8 Å². The minimum absolute atomic E-state index is 0.0169. The SMILES string of the molecule is Cc1cc(CCC2CCCN2C(=O)CN2C(=O)CNC2=O)ccn1. The first-order valence-electron chi connectivity index (χ1n) is 8.34. The van der Waals surface area contributed by atoms with Gasteiger partial charge in [-0.05, 0) is 50.3 Å². The molecule has 7 heteroatoms. The van der Waals surface area contributed by atoms with Gasteiger partial charge in [0.05, 0.1) is 6.54 Å². The second-order valence-electron chi connectivity index (χ2n) is 6.37. The summed E-state index contributed by atoms with van der Waals surface area (Å²) in [6.07, 6.45) is 5.51. The van der Waals surface area contributed by atoms with Crippen LogP contribution in [0.25, 0.3) is 0 Å². The van der Waals surface area contributed by atoms with E-state index < -0.39 is 6.03 Å². The number of nitrogens with one attached hydrogen (secondary N) is 1. The maximum atomic E-state index is 12.5. The summed E-state index contributed by atoms with van der Waals surface area (Å²) in [6.45, 7) is 2.49. The first-order valence-corrected chi connectivity index (χ1v) is 8.34. The average Bonchev–Trinajstić information content (AvgIpc) is 3.15. The third-order valence-corrected chi connectivity index (χ3v) is 4.66. The number of nitrogens with zero attached hydrogens (tertiary/aromatic N) is 3. The predicted octanol–water partition coefficient (Wildman–Crippen LogP) is 0.865. The van der Waals surface area contributed by atoms with E-state index in [0.717, 1.165) is 36.3 Å². The fraction of sp³-hybridized carbons (Fsp3) is 0.529. The Hall–Kier alpha value is -2.44. The van der Waals surface area contributed by atoms with Crippen LogP contribution in [0.4, 0.5) is 4.79 Å². The molecule has 0 saturated carbocycles. The Balaban J connectivity index is 1.57. The second kappa shape index (κ2) is 6.98. The molecule has 0 radical (unpaired) electrons. The number of urea groups is 1. The summed E-state index contributed by atoms with van der Waals surface area (Å²) in [6, 6.07) is 3.76. The molecule has 3 heterocycles. The Morgan fingerprint density at radius 2 is 2.25 bits per heavy atom. The smallest absolute Gasteiger partial charge is 0.325 e. The van der Waals surface area contributed by atoms with E-state index in [0.29, 0.717) is 6.54 Å². The molecule has 0 bridgehead atoms. The van der Waals surface area contributed by atoms with Crippen LogP contribution in [-0.4, -0.2) is 58.3 Å². The predicted molar refractivity (Wildman–Crippen MR) is 87.1 cm³/mol. The zero-order valence-corrected chi connectivity index (χ0v) is 13.8. The summed E-state index contributed by atoms with van der Waals surface area (Å²) in [5, 5.41) is 2.44. The van der Waals surface area contributed by atoms with Gasteiger partial charge in [0.15, 0.2) is 0 Å². The van der Waals surface area contributed by atoms with Gasteiger partial charge in [0.25, 0.3) is 5.91 Å². The third-order valence-electron chi connectivity index (χ3n) is 4.66. The molecule has 2 aliphatic heterocycles. The monoisotopic (exact) mass is 330 g/mol. The Morgan fingerprint density at radius 1 is 1.42 bits per heavy atom. The Kier molecular flexibility index (Phi) is 4.78. The molecule has 0 aromatic carbocycles. The lowest BCUT2D eigenvalue weighted by atomic mass is 10.0. The highest BCUT2D eigenvalue weighted by atomic mass is 16.2. The molecule has 1 N–H and O–H groups in total. The molecule has 3 rings (SSSR count). The number of carbonyl (C=O) groups is 3. The van der Waals surface area contributed by atoms with Crippen molar-refractivity contribution in [3.8, 4) is 0 Å². The first-order chi connectivity index (χ1) is 11.5. The lowest BCUT2D eigenvalue weighted by Gasteiger charge is -2.26. The zero-order valence-electron chi connectivity index (χ0n) is 13.8. The van der Waals surface area contributed by atoms with Crippen LogP contribution in [0, 0.1) is 6.92 Å². The first kappa shape index (κ1) is 16.4. The molecule has 1 atom stereocenters. The fourth-order valence-corrected chi connectivity index (χ4v) is 3.40. The summed E-state index contributed by atoms with van der Waals surface area (Å²) in [7, 11) is 0. The molecule has 2 aliphatic rings. The van der Waals surface area contributed by atoms with Gasteiger partial charge in [-0.25, -0.2) is 4.79 Å². The van der Waals surface area contributed by atoms with Crippen LogP contribution in [0.5, 0.6) is 0 Å². The third kappa shape index (κ3) is 3.55. The van der Waals surface area contributed by atoms with Crippen LogP contribution in [0.1, 0.15) is 30.5 Å². The van der Waals surface area contributed by atoms with E-state index in [9.17, 15) is 14.4 Å². The molecule has 1 aromatic rings. The highest BCUT2D eigenvalue weighted by Crippen LogP contribution is 2.22. The molecule has 2 fully saturated rings. The van der Waals surface area contributed by atoms with Crippen molar-refractivity contribution in [2.75, 3.05) is 19.6 Å². The second-order valence-corrected chi connectivity index (χ2v) is 6.37. The number of aryl methyl sites for hydroxylation is 2. The van der Waals surface area contributed by atoms with E-state index in [1.165, 1.54) is 5.56 Å². The quantitative estimate of drug-likeness (QED) is 0.812. The van der Waals surface area contributed by atoms with Crippen LogP contribution in [-0.2, 0) is 16.0 Å². The number of carbonyl (C=O) groups excluding carboxylic acids is 3. The van der Waals surface area contributed by atoms with Crippen molar-refractivity contribution in [2.45, 2.75) is 38.6 Å². The number of likely N-dealkylation sites (tertiary alicyclic amines) is 1. The standard InChI is InChI=1S/C17H22N4O3/c1-12-9-13(6-7-18-12)4-5-14-3-2-8-20(14)16(23)11-21-15(22)10-19-17(21)24/h6-7,9,14H,2-5,8,10-11H2,1H3,(H,19,24). The maximum Gasteiger partial charge on any atom is 0.325 e. The lowest BCUT2D eigenvalue weighted by molar-refractivity contribution is -0.137. The molecular formula is C17H22N4O3. The molecular weight excluding hydrogens is 308 g/mol. The summed E-state index contributed by atoms with van der Waals surface area (Å²) in [4.78, 5) is 42.7. The molecule has 0 aliphatic carbocycles. The van der Waals surface area contributed by atoms with Crippen molar-refractivity contribution in [3.05, 3.63) is 29.6 Å². The highest BCUT2D eigenvalue weighted by molar-refractivity contribution is 6.04. The molecule has 24 heavy (non-hydrogen) atoms. The van der Waals surface area contributed by atoms with E-state index >= 15 is 0 Å². The molecule has 7 nitrogen and oxygen atoms in total. The minimum atomic E-state index is -0.476. The van der Waals surface area contributed by atoms with E-state index in [2.05, 4.69) is 16.4 Å². The summed E-state index contributed by atoms with van der Waals surface area (Å²) in [5.74, 6) is -0.481. The van der Waals surface area contributed by atoms with E-state index in [1.54, 1.807) is 6.20 Å². The molecule has 2 saturated heterocycles. The van der Waals surface area contributed by atoms with Gasteiger partial charge in [-0.3, -0.25) is 19.5 Å². The Labute approximate surface area is 141 Å². The van der Waals surface area contributed by atoms with Crippen molar-refractivity contribution in [3.63, 3.8) is 0 Å². The van der Waals surface area contributed by atoms with Crippen LogP contribution >= 0.6 is 0 Å². The van der Waals surface area contributed by atoms with Gasteiger partial charge in [-0.1, -0.05) is 0 Å². The summed E-state index contributed by atoms with van der Waals surface area (Å²) in [5.41, 5.74) is 2.21. The van der Waals surface area contributed by atoms with E-state index in [4.69, 9.17) is 0 Å². The van der Waals surface area contributed by atoms with Gasteiger partial charge in [0.2, 0.25) is 5.91 Å². The van der Waals surface area contributed by atoms with Crippen LogP contribution < -0.4 is 5.32 Å². The fourth-order valence-electron chi connectivity index (χ4n) is 3.40. The van der Waals surface area contributed by atoms with Gasteiger partial charge in [0, 0.05) is 24.5 Å². The van der Waals surface area contributed by atoms with Gasteiger partial charge >= 0.3 is 6.03 Å². The van der Waals surface area contributed by atoms with Crippen molar-refractivity contribution in [2.24, 2.45) is 0 Å². The number of rotatable bonds is 5. The topological polar surface area (TPSA) is 82.6 Å². The molecule has 1 unspecified atom stereocenters.